The second kappa shape index (κ2) is 25.0. The van der Waals surface area contributed by atoms with Crippen molar-refractivity contribution in [1.29, 1.82) is 0 Å². The van der Waals surface area contributed by atoms with Gasteiger partial charge in [0, 0.05) is 107 Å². The van der Waals surface area contributed by atoms with Crippen LogP contribution in [0.3, 0.4) is 0 Å². The molecule has 21 rings (SSSR count). The van der Waals surface area contributed by atoms with Crippen LogP contribution >= 0.6 is 22.7 Å². The monoisotopic (exact) mass is 1390 g/mol. The molecule has 0 saturated carbocycles. The van der Waals surface area contributed by atoms with Crippen LogP contribution in [0.5, 0.6) is 0 Å². The van der Waals surface area contributed by atoms with Crippen LogP contribution < -0.4 is 0 Å². The summed E-state index contributed by atoms with van der Waals surface area (Å²) in [5, 5.41) is 6.11. The number of hydrogen-bond donors (Lipinski definition) is 0. The zero-order valence-electron chi connectivity index (χ0n) is 56.1. The summed E-state index contributed by atoms with van der Waals surface area (Å²) < 4.78 is 17.7. The second-order valence-electron chi connectivity index (χ2n) is 26.1. The topological polar surface area (TPSA) is 155 Å². The van der Waals surface area contributed by atoms with E-state index in [0.29, 0.717) is 63.5 Å². The normalized spacial score (nSPS) is 11.8. The van der Waals surface area contributed by atoms with E-state index in [-0.39, 0.29) is 0 Å². The highest BCUT2D eigenvalue weighted by atomic mass is 32.1. The first-order valence-corrected chi connectivity index (χ1v) is 36.5. The lowest BCUT2D eigenvalue weighted by Crippen LogP contribution is -2.00. The Bertz CT molecular complexity index is 7010. The molecule has 0 saturated heterocycles. The summed E-state index contributed by atoms with van der Waals surface area (Å²) in [5.74, 6) is 4.77. The van der Waals surface area contributed by atoms with Crippen molar-refractivity contribution in [3.8, 4) is 136 Å². The maximum atomic E-state index is 6.75. The summed E-state index contributed by atoms with van der Waals surface area (Å²) in [6, 6.07) is 108. The van der Waals surface area contributed by atoms with Gasteiger partial charge in [-0.15, -0.1) is 22.7 Å². The molecule has 14 heteroatoms. The number of benzene rings is 13. The molecule has 494 valence electrons. The zero-order chi connectivity index (χ0) is 69.8. The molecule has 8 aromatic heterocycles. The summed E-state index contributed by atoms with van der Waals surface area (Å²) in [4.78, 5) is 52.4. The molecule has 0 unspecified atom stereocenters. The average Bonchev–Trinajstić information content (AvgIpc) is 1.57. The van der Waals surface area contributed by atoms with Gasteiger partial charge in [-0.25, -0.2) is 49.8 Å². The van der Waals surface area contributed by atoms with Crippen LogP contribution in [0, 0.1) is 0 Å². The smallest absolute Gasteiger partial charge is 0.180 e. The van der Waals surface area contributed by atoms with E-state index < -0.39 is 0 Å². The first-order chi connectivity index (χ1) is 52.5. The lowest BCUT2D eigenvalue weighted by molar-refractivity contribution is 0.667. The lowest BCUT2D eigenvalue weighted by atomic mass is 9.98. The molecular weight excluding hydrogens is 1340 g/mol. The Morgan fingerprint density at radius 3 is 0.943 bits per heavy atom. The first kappa shape index (κ1) is 60.8. The molecule has 21 aromatic rings. The van der Waals surface area contributed by atoms with E-state index in [1.165, 1.54) is 0 Å². The highest BCUT2D eigenvalue weighted by molar-refractivity contribution is 7.27. The summed E-state index contributed by atoms with van der Waals surface area (Å²) in [5.41, 5.74) is 19.1. The fraction of sp³-hybridized carbons (Fsp3) is 0. The largest absolute Gasteiger partial charge is 0.452 e. The van der Waals surface area contributed by atoms with Crippen molar-refractivity contribution >= 4 is 107 Å². The summed E-state index contributed by atoms with van der Waals surface area (Å²) in [6.07, 6.45) is 0. The lowest BCUT2D eigenvalue weighted by Gasteiger charge is -2.11. The van der Waals surface area contributed by atoms with Gasteiger partial charge in [-0.1, -0.05) is 273 Å². The van der Waals surface area contributed by atoms with Crippen molar-refractivity contribution in [3.63, 3.8) is 0 Å². The van der Waals surface area contributed by atoms with Crippen molar-refractivity contribution in [2.24, 2.45) is 0 Å². The van der Waals surface area contributed by atoms with Crippen LogP contribution in [0.1, 0.15) is 0 Å². The highest BCUT2D eigenvalue weighted by Gasteiger charge is 2.27. The van der Waals surface area contributed by atoms with Crippen LogP contribution in [-0.4, -0.2) is 49.8 Å². The van der Waals surface area contributed by atoms with Gasteiger partial charge < -0.3 is 8.83 Å². The Morgan fingerprint density at radius 1 is 0.208 bits per heavy atom. The van der Waals surface area contributed by atoms with Gasteiger partial charge in [0.1, 0.15) is 33.6 Å². The van der Waals surface area contributed by atoms with Crippen molar-refractivity contribution in [2.75, 3.05) is 0 Å². The molecule has 0 bridgehead atoms. The van der Waals surface area contributed by atoms with Crippen molar-refractivity contribution in [1.82, 2.24) is 49.8 Å². The number of thiophene rings is 2. The number of para-hydroxylation sites is 2. The fourth-order valence-electron chi connectivity index (χ4n) is 14.6. The van der Waals surface area contributed by atoms with E-state index >= 15 is 0 Å². The first-order valence-electron chi connectivity index (χ1n) is 34.8. The molecule has 0 aliphatic heterocycles. The van der Waals surface area contributed by atoms with Crippen LogP contribution in [0.15, 0.2) is 324 Å². The Labute approximate surface area is 613 Å². The molecule has 0 spiro atoms. The van der Waals surface area contributed by atoms with E-state index in [0.717, 1.165) is 157 Å². The Kier molecular flexibility index (Phi) is 14.3. The number of aromatic nitrogens is 10. The van der Waals surface area contributed by atoms with Gasteiger partial charge in [0.25, 0.3) is 0 Å². The molecule has 0 aliphatic rings. The highest BCUT2D eigenvalue weighted by Crippen LogP contribution is 2.49. The van der Waals surface area contributed by atoms with E-state index in [1.807, 2.05) is 158 Å². The number of fused-ring (bicyclic) bond motifs is 12. The Morgan fingerprint density at radius 2 is 0.509 bits per heavy atom. The second-order valence-corrected chi connectivity index (χ2v) is 28.2. The Balaban J connectivity index is 0.612. The van der Waals surface area contributed by atoms with Gasteiger partial charge in [0.05, 0.1) is 0 Å². The summed E-state index contributed by atoms with van der Waals surface area (Å²) >= 11 is 3.45. The third-order valence-electron chi connectivity index (χ3n) is 19.7. The molecule has 0 N–H and O–H groups in total. The van der Waals surface area contributed by atoms with Gasteiger partial charge in [-0.05, 0) is 64.7 Å². The fourth-order valence-corrected chi connectivity index (χ4v) is 17.1. The Hall–Kier alpha value is -13.9. The summed E-state index contributed by atoms with van der Waals surface area (Å²) in [7, 11) is 0. The maximum Gasteiger partial charge on any atom is 0.180 e. The predicted molar refractivity (Wildman–Crippen MR) is 430 cm³/mol. The number of rotatable bonds is 12. The molecule has 0 fully saturated rings. The van der Waals surface area contributed by atoms with Crippen LogP contribution in [0.25, 0.3) is 220 Å². The molecule has 0 atom stereocenters. The molecule has 8 heterocycles. The maximum absolute atomic E-state index is 6.75. The predicted octanol–water partition coefficient (Wildman–Crippen LogP) is 24.2. The standard InChI is InChI=1S/C92H52N10O2S2/c1-5-22-56(23-6-1)85-93-77-63-32-13-15-40-71(63)103-81(77)79(95-85)69-38-18-35-66-76-68(37-21-43-74(76)106-83(66)69)92-101-89(59-28-11-4-12-29-59)98-90(102-92)62-31-17-30-61(52-62)55-46-44-53(45-47-55)54-48-50-60(51-49-54)86-94-78-64-33-14-16-41-72(64)104-82(78)80(96-86)70-39-19-34-65-75-67(36-20-42-73(75)105-84(65)70)91-99-87(57-24-7-2-8-25-57)97-88(100-91)58-26-9-3-10-27-58/h1-52H. The van der Waals surface area contributed by atoms with Gasteiger partial charge in [-0.3, -0.25) is 0 Å². The van der Waals surface area contributed by atoms with Gasteiger partial charge in [-0.2, -0.15) is 0 Å². The van der Waals surface area contributed by atoms with E-state index in [9.17, 15) is 0 Å². The molecule has 106 heavy (non-hydrogen) atoms. The van der Waals surface area contributed by atoms with Crippen molar-refractivity contribution in [2.45, 2.75) is 0 Å². The molecule has 0 radical (unpaired) electrons. The van der Waals surface area contributed by atoms with E-state index in [2.05, 4.69) is 158 Å². The molecular formula is C92H52N10O2S2. The van der Waals surface area contributed by atoms with Gasteiger partial charge in [0.2, 0.25) is 0 Å². The minimum Gasteiger partial charge on any atom is -0.452 e. The van der Waals surface area contributed by atoms with E-state index in [4.69, 9.17) is 58.7 Å². The molecule has 0 amide bonds. The SMILES string of the molecule is c1ccc(-c2nc(-c3ccccc3)nc(-c3cccc4sc5c(-c6nc(-c7ccc(-c8ccc(-c9cccc(-c%10nc(-c%11ccccc%11)nc(-c%11cccc%12sc%13c(-c%14nc(-c%15ccccc%15)nc%15c%14oc%14ccccc%14%15)cccc%13c%11%12)n%10)c9)cc8)cc7)nc7c6oc6ccccc67)cccc5c34)n2)cc1. The van der Waals surface area contributed by atoms with Gasteiger partial charge in [0.15, 0.2) is 57.8 Å². The third-order valence-corrected chi connectivity index (χ3v) is 22.1. The van der Waals surface area contributed by atoms with Crippen molar-refractivity contribution in [3.05, 3.63) is 315 Å². The van der Waals surface area contributed by atoms with Crippen LogP contribution in [0.2, 0.25) is 0 Å². The third kappa shape index (κ3) is 10.4. The number of nitrogens with zero attached hydrogens (tertiary/aromatic N) is 10. The number of furan rings is 2. The minimum atomic E-state index is 0.566. The van der Waals surface area contributed by atoms with Crippen LogP contribution in [0.4, 0.5) is 0 Å². The quantitative estimate of drug-likeness (QED) is 0.114. The molecule has 13 aromatic carbocycles. The molecule has 12 nitrogen and oxygen atoms in total. The van der Waals surface area contributed by atoms with Gasteiger partial charge >= 0.3 is 0 Å². The molecule has 0 aliphatic carbocycles. The average molecular weight is 1390 g/mol. The van der Waals surface area contributed by atoms with Crippen LogP contribution in [-0.2, 0) is 0 Å². The summed E-state index contributed by atoms with van der Waals surface area (Å²) in [6.45, 7) is 0. The number of hydrogen-bond acceptors (Lipinski definition) is 14. The minimum absolute atomic E-state index is 0.566. The van der Waals surface area contributed by atoms with Crippen molar-refractivity contribution < 1.29 is 8.83 Å². The zero-order valence-corrected chi connectivity index (χ0v) is 57.8. The van der Waals surface area contributed by atoms with E-state index in [1.54, 1.807) is 22.7 Å².